The first-order valence-corrected chi connectivity index (χ1v) is 33.3. The molecule has 1 saturated heterocycles. The van der Waals surface area contributed by atoms with Gasteiger partial charge in [-0.15, -0.1) is 11.8 Å². The smallest absolute Gasteiger partial charge is 0.305 e. The van der Waals surface area contributed by atoms with Crippen LogP contribution in [0.1, 0.15) is 92.6 Å². The summed E-state index contributed by atoms with van der Waals surface area (Å²) in [6.45, 7) is 14.3. The minimum Gasteiger partial charge on any atom is -0.481 e. The van der Waals surface area contributed by atoms with E-state index in [0.717, 1.165) is 11.8 Å². The normalized spacial score (nSPS) is 20.8. The van der Waals surface area contributed by atoms with Gasteiger partial charge in [0, 0.05) is 59.4 Å². The van der Waals surface area contributed by atoms with Crippen molar-refractivity contribution in [3.63, 3.8) is 0 Å². The van der Waals surface area contributed by atoms with Gasteiger partial charge in [-0.05, 0) is 51.1 Å². The Hall–Kier alpha value is -6.49. The van der Waals surface area contributed by atoms with Crippen molar-refractivity contribution >= 4 is 106 Å². The molecule has 1 aliphatic heterocycles. The van der Waals surface area contributed by atoms with Gasteiger partial charge in [0.15, 0.2) is 5.96 Å². The van der Waals surface area contributed by atoms with E-state index in [1.54, 1.807) is 37.3 Å². The van der Waals surface area contributed by atoms with Gasteiger partial charge in [-0.25, -0.2) is 0 Å². The second-order valence-corrected chi connectivity index (χ2v) is 27.5. The summed E-state index contributed by atoms with van der Waals surface area (Å²) < 4.78 is 20.8. The molecule has 1 aromatic carbocycles. The molecule has 1 heterocycles. The molecule has 7 atom stereocenters. The fourth-order valence-corrected chi connectivity index (χ4v) is 10.7. The first-order chi connectivity index (χ1) is 43.1. The topological polar surface area (TPSA) is 456 Å². The van der Waals surface area contributed by atoms with Gasteiger partial charge in [-0.1, -0.05) is 71.9 Å². The molecule has 30 nitrogen and oxygen atoms in total. The van der Waals surface area contributed by atoms with Gasteiger partial charge in [-0.3, -0.25) is 57.7 Å². The molecule has 0 aromatic heterocycles. The van der Waals surface area contributed by atoms with E-state index >= 15 is 0 Å². The summed E-state index contributed by atoms with van der Waals surface area (Å²) in [5.74, 6) is -10.3. The Bertz CT molecular complexity index is 2490. The van der Waals surface area contributed by atoms with Crippen LogP contribution in [0.3, 0.4) is 0 Å². The zero-order valence-corrected chi connectivity index (χ0v) is 55.8. The van der Waals surface area contributed by atoms with Gasteiger partial charge in [0.2, 0.25) is 59.1 Å². The molecule has 0 unspecified atom stereocenters. The largest absolute Gasteiger partial charge is 0.481 e. The monoisotopic (exact) mass is 1340 g/mol. The average molecular weight is 1340 g/mol. The number of aliphatic carboxylic acids is 1. The molecule has 0 bridgehead atoms. The highest BCUT2D eigenvalue weighted by Gasteiger charge is 2.35. The van der Waals surface area contributed by atoms with Crippen molar-refractivity contribution in [1.82, 2.24) is 53.2 Å². The Balaban J connectivity index is 2.63. The molecule has 0 aliphatic carbocycles. The zero-order valence-electron chi connectivity index (χ0n) is 53.4. The van der Waals surface area contributed by atoms with E-state index in [2.05, 4.69) is 58.2 Å². The lowest BCUT2D eigenvalue weighted by Crippen LogP contribution is -2.60. The third-order valence-corrected chi connectivity index (χ3v) is 16.4. The number of aliphatic imine (C=N–C) groups is 1. The Kier molecular flexibility index (Phi) is 39.8. The molecule has 91 heavy (non-hydrogen) atoms. The quantitative estimate of drug-likeness (QED) is 0.0202. The molecule has 514 valence electrons. The Morgan fingerprint density at radius 1 is 0.626 bits per heavy atom. The number of carboxylic acid groups (broad SMARTS) is 1. The van der Waals surface area contributed by atoms with Crippen molar-refractivity contribution in [2.45, 2.75) is 145 Å². The number of hydrogen-bond acceptors (Lipinski definition) is 20. The van der Waals surface area contributed by atoms with E-state index in [1.165, 1.54) is 23.5 Å². The van der Waals surface area contributed by atoms with Gasteiger partial charge in [0.1, 0.15) is 48.9 Å². The van der Waals surface area contributed by atoms with Crippen molar-refractivity contribution < 1.29 is 76.8 Å². The Morgan fingerprint density at radius 3 is 1.69 bits per heavy atom. The van der Waals surface area contributed by atoms with Crippen molar-refractivity contribution in [1.29, 1.82) is 0 Å². The number of ether oxygens (including phenoxy) is 4. The van der Waals surface area contributed by atoms with E-state index < -0.39 is 124 Å². The number of nitrogens with two attached hydrogens (primary N) is 3. The summed E-state index contributed by atoms with van der Waals surface area (Å²) in [7, 11) is 0. The molecule has 1 fully saturated rings. The lowest BCUT2D eigenvalue weighted by molar-refractivity contribution is -0.141. The van der Waals surface area contributed by atoms with E-state index in [9.17, 15) is 57.8 Å². The highest BCUT2D eigenvalue weighted by atomic mass is 32.2. The average Bonchev–Trinajstić information content (AvgIpc) is 3.70. The van der Waals surface area contributed by atoms with E-state index in [4.69, 9.17) is 36.1 Å². The molecule has 10 amide bonds. The molecule has 33 heteroatoms. The van der Waals surface area contributed by atoms with Crippen molar-refractivity contribution in [3.8, 4) is 0 Å². The van der Waals surface area contributed by atoms with Crippen LogP contribution in [0, 0.1) is 0 Å². The number of nitrogens with one attached hydrogen (secondary N) is 10. The number of carbonyl (C=O) groups excluding carboxylic acids is 10. The second kappa shape index (κ2) is 44.9. The molecule has 1 aromatic rings. The zero-order chi connectivity index (χ0) is 67.8. The van der Waals surface area contributed by atoms with Crippen LogP contribution in [0.4, 0.5) is 0 Å². The maximum Gasteiger partial charge on any atom is 0.305 e. The highest BCUT2D eigenvalue weighted by Crippen LogP contribution is 2.25. The lowest BCUT2D eigenvalue weighted by Gasteiger charge is -2.28. The molecule has 17 N–H and O–H groups in total. The predicted octanol–water partition coefficient (Wildman–Crippen LogP) is -2.47. The third-order valence-electron chi connectivity index (χ3n) is 12.6. The number of carbonyl (C=O) groups is 11. The SMILES string of the molecule is CCOCC(=O)NCCOCCOCCOCCNC(=O)[C@@H]1CSCC(=O)N[C@@H](CCCCN)C(=O)N[C@@H](CSC(C)(C)C)C(=O)N[C@@H](CCCN=C(N)N)C(=O)NCC(=O)N[C@@H](CC(=O)O)C(=O)N[C@@H](CSC(C)(C)C)C(=O)N[C@@H](Cc2ccccc2)C(=O)N1. The van der Waals surface area contributed by atoms with Crippen LogP contribution in [0.25, 0.3) is 0 Å². The lowest BCUT2D eigenvalue weighted by atomic mass is 10.0. The minimum absolute atomic E-state index is 0.00576. The summed E-state index contributed by atoms with van der Waals surface area (Å²) in [4.78, 5) is 155. The summed E-state index contributed by atoms with van der Waals surface area (Å²) >= 11 is 3.52. The van der Waals surface area contributed by atoms with Crippen LogP contribution >= 0.6 is 35.3 Å². The molecule has 0 spiro atoms. The number of unbranched alkanes of at least 4 members (excludes halogenated alkanes) is 1. The van der Waals surface area contributed by atoms with Crippen molar-refractivity contribution in [2.75, 3.05) is 109 Å². The van der Waals surface area contributed by atoms with Gasteiger partial charge in [0.25, 0.3) is 0 Å². The number of nitrogens with zero attached hydrogens (tertiary/aromatic N) is 1. The Labute approximate surface area is 545 Å². The highest BCUT2D eigenvalue weighted by molar-refractivity contribution is 8.01. The number of benzene rings is 1. The number of carboxylic acids is 1. The fourth-order valence-electron chi connectivity index (χ4n) is 8.02. The second-order valence-electron chi connectivity index (χ2n) is 22.8. The molecule has 2 rings (SSSR count). The predicted molar refractivity (Wildman–Crippen MR) is 348 cm³/mol. The number of thioether (sulfide) groups is 3. The summed E-state index contributed by atoms with van der Waals surface area (Å²) in [5.41, 5.74) is 17.4. The van der Waals surface area contributed by atoms with E-state index in [-0.39, 0.29) is 126 Å². The number of amides is 10. The molecular formula is C58H98N14O16S3. The van der Waals surface area contributed by atoms with Gasteiger partial charge >= 0.3 is 5.97 Å². The van der Waals surface area contributed by atoms with Crippen LogP contribution in [-0.2, 0) is 78.1 Å². The maximum absolute atomic E-state index is 14.7. The maximum atomic E-state index is 14.7. The van der Waals surface area contributed by atoms with Crippen LogP contribution in [-0.4, -0.2) is 236 Å². The number of guanidine groups is 1. The summed E-state index contributed by atoms with van der Waals surface area (Å²) in [6.07, 6.45) is -0.0795. The fraction of sp³-hybridized carbons (Fsp3) is 0.690. The summed E-state index contributed by atoms with van der Waals surface area (Å²) in [6, 6.07) is -1.35. The number of rotatable bonds is 32. The molecule has 0 radical (unpaired) electrons. The third kappa shape index (κ3) is 38.2. The van der Waals surface area contributed by atoms with Crippen LogP contribution < -0.4 is 70.4 Å². The van der Waals surface area contributed by atoms with Crippen molar-refractivity contribution in [2.24, 2.45) is 22.2 Å². The minimum atomic E-state index is -1.81. The van der Waals surface area contributed by atoms with Crippen LogP contribution in [0.15, 0.2) is 35.3 Å². The summed E-state index contributed by atoms with van der Waals surface area (Å²) in [5, 5.41) is 36.2. The van der Waals surface area contributed by atoms with Gasteiger partial charge in [-0.2, -0.15) is 23.5 Å². The van der Waals surface area contributed by atoms with E-state index in [0.29, 0.717) is 31.6 Å². The van der Waals surface area contributed by atoms with Gasteiger partial charge in [0.05, 0.1) is 58.4 Å². The van der Waals surface area contributed by atoms with Crippen LogP contribution in [0.2, 0.25) is 0 Å². The van der Waals surface area contributed by atoms with Crippen molar-refractivity contribution in [3.05, 3.63) is 35.9 Å². The first kappa shape index (κ1) is 80.6. The molecule has 1 aliphatic rings. The Morgan fingerprint density at radius 2 is 1.13 bits per heavy atom. The van der Waals surface area contributed by atoms with E-state index in [1.807, 2.05) is 41.5 Å². The standard InChI is InChI=1S/C58H98N14O16S3/c1-8-85-32-46(74)62-21-23-86-25-27-88-28-26-87-24-22-63-50(79)42-33-89-36-47(75)66-39(17-12-13-19-59)51(80)71-43(34-90-57(2,3)4)54(83)68-38(18-14-20-64-56(60)61)49(78)65-31-45(73)67-41(30-48(76)77)53(82)72-44(35-91-58(5,6)7)55(84)69-40(52(81)70-42)29-37-15-10-9-11-16-37/h9-11,15-16,38-44H,8,12-14,17-36,59H2,1-7H3,(H,62,74)(H,63,79)(H,65,78)(H,66,75)(H,67,73)(H,68,83)(H,69,84)(H,70,81)(H,71,80)(H,72,82)(H,76,77)(H4,60,61,64)/t38-,39-,40-,41-,42-,43-,44-/m0/s1. The molecule has 0 saturated carbocycles. The van der Waals surface area contributed by atoms with Crippen LogP contribution in [0.5, 0.6) is 0 Å². The van der Waals surface area contributed by atoms with Gasteiger partial charge < -0.3 is 94.4 Å². The number of hydrogen-bond donors (Lipinski definition) is 14. The molecular weight excluding hydrogens is 1240 g/mol. The first-order valence-electron chi connectivity index (χ1n) is 30.2.